The van der Waals surface area contributed by atoms with Crippen molar-refractivity contribution < 1.29 is 14.3 Å². The van der Waals surface area contributed by atoms with E-state index < -0.39 is 5.60 Å². The van der Waals surface area contributed by atoms with Gasteiger partial charge in [0.25, 0.3) is 0 Å². The van der Waals surface area contributed by atoms with Crippen molar-refractivity contribution >= 4 is 6.09 Å². The van der Waals surface area contributed by atoms with Gasteiger partial charge in [0.2, 0.25) is 0 Å². The third kappa shape index (κ3) is 9.79. The Bertz CT molecular complexity index is 336. The van der Waals surface area contributed by atoms with Crippen LogP contribution in [0.5, 0.6) is 0 Å². The van der Waals surface area contributed by atoms with Gasteiger partial charge >= 0.3 is 6.09 Å². The summed E-state index contributed by atoms with van der Waals surface area (Å²) in [6.45, 7) is 9.24. The van der Waals surface area contributed by atoms with Gasteiger partial charge in [-0.1, -0.05) is 0 Å². The van der Waals surface area contributed by atoms with Crippen LogP contribution in [0.2, 0.25) is 0 Å². The number of ether oxygens (including phenoxy) is 2. The van der Waals surface area contributed by atoms with Crippen LogP contribution in [0.3, 0.4) is 0 Å². The highest BCUT2D eigenvalue weighted by atomic mass is 16.6. The first-order valence-corrected chi connectivity index (χ1v) is 8.70. The number of hydrogen-bond donors (Lipinski definition) is 2. The summed E-state index contributed by atoms with van der Waals surface area (Å²) in [6, 6.07) is 0.916. The summed E-state index contributed by atoms with van der Waals surface area (Å²) in [5, 5.41) is 6.52. The van der Waals surface area contributed by atoms with E-state index in [-0.39, 0.29) is 6.09 Å². The van der Waals surface area contributed by atoms with Crippen molar-refractivity contribution in [1.82, 2.24) is 15.5 Å². The quantitative estimate of drug-likeness (QED) is 0.667. The molecule has 0 spiro atoms. The minimum atomic E-state index is -0.446. The van der Waals surface area contributed by atoms with Crippen LogP contribution in [0.25, 0.3) is 0 Å². The second-order valence-corrected chi connectivity index (χ2v) is 7.47. The molecular weight excluding hydrogens is 294 g/mol. The van der Waals surface area contributed by atoms with Gasteiger partial charge in [-0.25, -0.2) is 4.79 Å². The Labute approximate surface area is 141 Å². The van der Waals surface area contributed by atoms with Gasteiger partial charge in [-0.2, -0.15) is 0 Å². The van der Waals surface area contributed by atoms with E-state index in [1.165, 1.54) is 12.8 Å². The molecule has 23 heavy (non-hydrogen) atoms. The topological polar surface area (TPSA) is 62.8 Å². The third-order valence-corrected chi connectivity index (χ3v) is 3.96. The first kappa shape index (κ1) is 20.2. The zero-order valence-electron chi connectivity index (χ0n) is 15.5. The molecule has 0 aliphatic carbocycles. The molecule has 0 bridgehead atoms. The molecule has 6 heteroatoms. The molecule has 1 fully saturated rings. The monoisotopic (exact) mass is 329 g/mol. The van der Waals surface area contributed by atoms with E-state index >= 15 is 0 Å². The average molecular weight is 329 g/mol. The number of amides is 1. The van der Waals surface area contributed by atoms with E-state index in [4.69, 9.17) is 9.47 Å². The molecule has 0 radical (unpaired) electrons. The third-order valence-electron chi connectivity index (χ3n) is 3.96. The highest BCUT2D eigenvalue weighted by Gasteiger charge is 2.20. The van der Waals surface area contributed by atoms with Crippen molar-refractivity contribution in [2.75, 3.05) is 40.4 Å². The minimum Gasteiger partial charge on any atom is -0.444 e. The van der Waals surface area contributed by atoms with Crippen molar-refractivity contribution in [3.63, 3.8) is 0 Å². The Morgan fingerprint density at radius 3 is 2.52 bits per heavy atom. The first-order valence-electron chi connectivity index (χ1n) is 8.70. The zero-order chi connectivity index (χ0) is 17.3. The molecule has 0 aromatic carbocycles. The van der Waals surface area contributed by atoms with E-state index in [0.29, 0.717) is 25.2 Å². The van der Waals surface area contributed by atoms with E-state index in [0.717, 1.165) is 25.9 Å². The van der Waals surface area contributed by atoms with Crippen molar-refractivity contribution in [3.05, 3.63) is 0 Å². The van der Waals surface area contributed by atoms with Crippen LogP contribution in [-0.2, 0) is 9.47 Å². The number of nitrogens with one attached hydrogen (secondary N) is 2. The summed E-state index contributed by atoms with van der Waals surface area (Å²) in [6.07, 6.45) is 3.92. The smallest absolute Gasteiger partial charge is 0.407 e. The molecule has 6 nitrogen and oxygen atoms in total. The number of rotatable bonds is 8. The predicted molar refractivity (Wildman–Crippen MR) is 92.8 cm³/mol. The van der Waals surface area contributed by atoms with Crippen LogP contribution in [0.15, 0.2) is 0 Å². The van der Waals surface area contributed by atoms with E-state index in [1.807, 2.05) is 20.8 Å². The molecule has 136 valence electrons. The number of nitrogens with zero attached hydrogens (tertiary/aromatic N) is 1. The van der Waals surface area contributed by atoms with Crippen LogP contribution in [-0.4, -0.2) is 69.1 Å². The first-order chi connectivity index (χ1) is 10.8. The van der Waals surface area contributed by atoms with Gasteiger partial charge in [0.05, 0.1) is 6.61 Å². The minimum absolute atomic E-state index is 0.342. The highest BCUT2D eigenvalue weighted by Crippen LogP contribution is 2.11. The van der Waals surface area contributed by atoms with Crippen molar-refractivity contribution in [1.29, 1.82) is 0 Å². The summed E-state index contributed by atoms with van der Waals surface area (Å²) in [5.74, 6) is 0. The SMILES string of the molecule is COCC(CCCNC(=O)OC(C)(C)C)NC1CCN(C)CC1. The van der Waals surface area contributed by atoms with Gasteiger partial charge in [-0.15, -0.1) is 0 Å². The fraction of sp³-hybridized carbons (Fsp3) is 0.941. The van der Waals surface area contributed by atoms with E-state index in [2.05, 4.69) is 22.6 Å². The molecule has 2 N–H and O–H groups in total. The van der Waals surface area contributed by atoms with Gasteiger partial charge < -0.3 is 25.0 Å². The molecule has 0 saturated carbocycles. The number of methoxy groups -OCH3 is 1. The summed E-state index contributed by atoms with van der Waals surface area (Å²) in [4.78, 5) is 14.0. The largest absolute Gasteiger partial charge is 0.444 e. The number of carbonyl (C=O) groups is 1. The van der Waals surface area contributed by atoms with Crippen LogP contribution < -0.4 is 10.6 Å². The Hall–Kier alpha value is -0.850. The lowest BCUT2D eigenvalue weighted by Gasteiger charge is -2.32. The number of carbonyl (C=O) groups excluding carboxylic acids is 1. The molecule has 1 amide bonds. The summed E-state index contributed by atoms with van der Waals surface area (Å²) in [5.41, 5.74) is -0.446. The maximum Gasteiger partial charge on any atom is 0.407 e. The molecular formula is C17H35N3O3. The second kappa shape index (κ2) is 10.1. The summed E-state index contributed by atoms with van der Waals surface area (Å²) >= 11 is 0. The van der Waals surface area contributed by atoms with Crippen LogP contribution in [0, 0.1) is 0 Å². The van der Waals surface area contributed by atoms with E-state index in [1.54, 1.807) is 7.11 Å². The van der Waals surface area contributed by atoms with Crippen molar-refractivity contribution in [2.24, 2.45) is 0 Å². The highest BCUT2D eigenvalue weighted by molar-refractivity contribution is 5.67. The Morgan fingerprint density at radius 2 is 1.96 bits per heavy atom. The number of likely N-dealkylation sites (tertiary alicyclic amines) is 1. The van der Waals surface area contributed by atoms with Gasteiger partial charge in [-0.05, 0) is 66.6 Å². The fourth-order valence-electron chi connectivity index (χ4n) is 2.78. The standard InChI is InChI=1S/C17H35N3O3/c1-17(2,3)23-16(21)18-10-6-7-15(13-22-5)19-14-8-11-20(4)12-9-14/h14-15,19H,6-13H2,1-5H3,(H,18,21). The number of piperidine rings is 1. The molecule has 1 heterocycles. The number of hydrogen-bond acceptors (Lipinski definition) is 5. The molecule has 1 saturated heterocycles. The zero-order valence-corrected chi connectivity index (χ0v) is 15.5. The molecule has 1 unspecified atom stereocenters. The lowest BCUT2D eigenvalue weighted by atomic mass is 10.0. The van der Waals surface area contributed by atoms with Gasteiger partial charge in [0.1, 0.15) is 5.60 Å². The normalized spacial score (nSPS) is 18.7. The Balaban J connectivity index is 2.21. The lowest BCUT2D eigenvalue weighted by molar-refractivity contribution is 0.0525. The Kier molecular flexibility index (Phi) is 8.87. The molecule has 1 aliphatic heterocycles. The van der Waals surface area contributed by atoms with Crippen molar-refractivity contribution in [2.45, 2.75) is 64.1 Å². The van der Waals surface area contributed by atoms with Gasteiger partial charge in [-0.3, -0.25) is 0 Å². The summed E-state index contributed by atoms with van der Waals surface area (Å²) < 4.78 is 10.6. The van der Waals surface area contributed by atoms with E-state index in [9.17, 15) is 4.79 Å². The molecule has 0 aromatic rings. The molecule has 1 atom stereocenters. The lowest BCUT2D eigenvalue weighted by Crippen LogP contribution is -2.46. The molecule has 1 aliphatic rings. The molecule has 0 aromatic heterocycles. The van der Waals surface area contributed by atoms with Crippen LogP contribution in [0.4, 0.5) is 4.79 Å². The van der Waals surface area contributed by atoms with Crippen LogP contribution >= 0.6 is 0 Å². The van der Waals surface area contributed by atoms with Gasteiger partial charge in [0, 0.05) is 25.7 Å². The van der Waals surface area contributed by atoms with Crippen molar-refractivity contribution in [3.8, 4) is 0 Å². The van der Waals surface area contributed by atoms with Gasteiger partial charge in [0.15, 0.2) is 0 Å². The Morgan fingerprint density at radius 1 is 1.30 bits per heavy atom. The summed E-state index contributed by atoms with van der Waals surface area (Å²) in [7, 11) is 3.91. The predicted octanol–water partition coefficient (Wildman–Crippen LogP) is 1.99. The maximum atomic E-state index is 11.6. The fourth-order valence-corrected chi connectivity index (χ4v) is 2.78. The molecule has 1 rings (SSSR count). The maximum absolute atomic E-state index is 11.6. The second-order valence-electron chi connectivity index (χ2n) is 7.47. The van der Waals surface area contributed by atoms with Crippen LogP contribution in [0.1, 0.15) is 46.5 Å². The number of alkyl carbamates (subject to hydrolysis) is 1. The average Bonchev–Trinajstić information content (AvgIpc) is 2.44.